The highest BCUT2D eigenvalue weighted by Crippen LogP contribution is 2.28. The molecule has 4 N–H and O–H groups in total. The van der Waals surface area contributed by atoms with Crippen molar-refractivity contribution in [1.82, 2.24) is 9.97 Å². The van der Waals surface area contributed by atoms with Crippen LogP contribution in [0.4, 0.5) is 17.2 Å². The highest BCUT2D eigenvalue weighted by molar-refractivity contribution is 6.06. The molecule has 0 aliphatic carbocycles. The third-order valence-electron chi connectivity index (χ3n) is 2.71. The Labute approximate surface area is 126 Å². The molecule has 114 valence electrons. The van der Waals surface area contributed by atoms with Crippen LogP contribution >= 0.6 is 0 Å². The third-order valence-corrected chi connectivity index (χ3v) is 2.71. The number of ether oxygens (including phenoxy) is 1. The van der Waals surface area contributed by atoms with Crippen LogP contribution in [0.3, 0.4) is 0 Å². The van der Waals surface area contributed by atoms with E-state index in [9.17, 15) is 9.59 Å². The summed E-state index contributed by atoms with van der Waals surface area (Å²) >= 11 is 0. The minimum atomic E-state index is -0.496. The molecular weight excluding hydrogens is 286 g/mol. The van der Waals surface area contributed by atoms with Gasteiger partial charge < -0.3 is 21.1 Å². The fourth-order valence-corrected chi connectivity index (χ4v) is 1.79. The van der Waals surface area contributed by atoms with Gasteiger partial charge in [-0.05, 0) is 18.2 Å². The lowest BCUT2D eigenvalue weighted by atomic mass is 10.2. The van der Waals surface area contributed by atoms with E-state index in [1.54, 1.807) is 18.2 Å². The summed E-state index contributed by atoms with van der Waals surface area (Å²) in [6.07, 6.45) is 2.77. The summed E-state index contributed by atoms with van der Waals surface area (Å²) in [6, 6.07) is 4.83. The van der Waals surface area contributed by atoms with Crippen LogP contribution in [0, 0.1) is 0 Å². The van der Waals surface area contributed by atoms with Gasteiger partial charge in [0.1, 0.15) is 5.75 Å². The van der Waals surface area contributed by atoms with Gasteiger partial charge in [-0.15, -0.1) is 0 Å². The highest BCUT2D eigenvalue weighted by atomic mass is 16.5. The Morgan fingerprint density at radius 1 is 1.18 bits per heavy atom. The summed E-state index contributed by atoms with van der Waals surface area (Å²) in [7, 11) is 1.49. The van der Waals surface area contributed by atoms with E-state index < -0.39 is 5.91 Å². The molecule has 1 aromatic heterocycles. The molecule has 8 heteroatoms. The average molecular weight is 301 g/mol. The molecule has 0 aliphatic rings. The highest BCUT2D eigenvalue weighted by Gasteiger charge is 2.13. The van der Waals surface area contributed by atoms with Crippen LogP contribution in [0.15, 0.2) is 30.6 Å². The van der Waals surface area contributed by atoms with Crippen LogP contribution in [0.5, 0.6) is 5.75 Å². The van der Waals surface area contributed by atoms with Gasteiger partial charge in [-0.2, -0.15) is 0 Å². The van der Waals surface area contributed by atoms with Gasteiger partial charge in [-0.1, -0.05) is 0 Å². The maximum absolute atomic E-state index is 12.1. The number of nitrogens with two attached hydrogens (primary N) is 1. The molecule has 0 fully saturated rings. The first kappa shape index (κ1) is 15.2. The fraction of sp³-hybridized carbons (Fsp3) is 0.143. The normalized spacial score (nSPS) is 9.91. The number of benzene rings is 1. The zero-order valence-corrected chi connectivity index (χ0v) is 12.1. The number of carbonyl (C=O) groups is 2. The standard InChI is InChI=1S/C14H15N5O3/c1-8(20)18-10-7-9(3-4-11(10)22-2)19-14(21)12-13(15)17-6-5-16-12/h3-7H,1-2H3,(H2,15,17)(H,18,20)(H,19,21). The van der Waals surface area contributed by atoms with Gasteiger partial charge in [0.25, 0.3) is 5.91 Å². The maximum Gasteiger partial charge on any atom is 0.278 e. The van der Waals surface area contributed by atoms with E-state index in [2.05, 4.69) is 20.6 Å². The van der Waals surface area contributed by atoms with Crippen molar-refractivity contribution >= 4 is 29.0 Å². The third kappa shape index (κ3) is 3.48. The number of rotatable bonds is 4. The Morgan fingerprint density at radius 3 is 2.55 bits per heavy atom. The summed E-state index contributed by atoms with van der Waals surface area (Å²) in [5.74, 6) is -0.229. The summed E-state index contributed by atoms with van der Waals surface area (Å²) in [4.78, 5) is 31.0. The van der Waals surface area contributed by atoms with Crippen molar-refractivity contribution in [2.45, 2.75) is 6.92 Å². The Hall–Kier alpha value is -3.16. The van der Waals surface area contributed by atoms with Crippen LogP contribution in [0.1, 0.15) is 17.4 Å². The van der Waals surface area contributed by atoms with E-state index in [0.29, 0.717) is 17.1 Å². The van der Waals surface area contributed by atoms with Gasteiger partial charge in [-0.25, -0.2) is 9.97 Å². The van der Waals surface area contributed by atoms with E-state index in [1.807, 2.05) is 0 Å². The first-order valence-electron chi connectivity index (χ1n) is 6.34. The molecule has 0 bridgehead atoms. The Balaban J connectivity index is 2.24. The topological polar surface area (TPSA) is 119 Å². The van der Waals surface area contributed by atoms with E-state index in [-0.39, 0.29) is 17.4 Å². The molecule has 2 amide bonds. The van der Waals surface area contributed by atoms with Gasteiger partial charge >= 0.3 is 0 Å². The van der Waals surface area contributed by atoms with Crippen molar-refractivity contribution in [3.8, 4) is 5.75 Å². The first-order valence-corrected chi connectivity index (χ1v) is 6.34. The summed E-state index contributed by atoms with van der Waals surface area (Å²) < 4.78 is 5.14. The molecular formula is C14H15N5O3. The number of carbonyl (C=O) groups excluding carboxylic acids is 2. The summed E-state index contributed by atoms with van der Waals surface area (Å²) in [5, 5.41) is 5.26. The second kappa shape index (κ2) is 6.53. The minimum Gasteiger partial charge on any atom is -0.495 e. The average Bonchev–Trinajstić information content (AvgIpc) is 2.47. The smallest absolute Gasteiger partial charge is 0.278 e. The van der Waals surface area contributed by atoms with Crippen molar-refractivity contribution in [3.05, 3.63) is 36.3 Å². The number of hydrogen-bond donors (Lipinski definition) is 3. The number of nitrogens with zero attached hydrogens (tertiary/aromatic N) is 2. The van der Waals surface area contributed by atoms with Gasteiger partial charge in [0.05, 0.1) is 12.8 Å². The number of methoxy groups -OCH3 is 1. The lowest BCUT2D eigenvalue weighted by Gasteiger charge is -2.12. The number of nitrogen functional groups attached to an aromatic ring is 1. The molecule has 22 heavy (non-hydrogen) atoms. The molecule has 1 aromatic carbocycles. The predicted octanol–water partition coefficient (Wildman–Crippen LogP) is 1.28. The van der Waals surface area contributed by atoms with Crippen molar-refractivity contribution < 1.29 is 14.3 Å². The van der Waals surface area contributed by atoms with Crippen LogP contribution in [0.25, 0.3) is 0 Å². The lowest BCUT2D eigenvalue weighted by molar-refractivity contribution is -0.114. The van der Waals surface area contributed by atoms with E-state index >= 15 is 0 Å². The van der Waals surface area contributed by atoms with Crippen LogP contribution < -0.4 is 21.1 Å². The van der Waals surface area contributed by atoms with Crippen LogP contribution in [0.2, 0.25) is 0 Å². The summed E-state index contributed by atoms with van der Waals surface area (Å²) in [5.41, 5.74) is 6.53. The zero-order chi connectivity index (χ0) is 16.1. The number of hydrogen-bond acceptors (Lipinski definition) is 6. The van der Waals surface area contributed by atoms with Gasteiger partial charge in [0.2, 0.25) is 5.91 Å². The predicted molar refractivity (Wildman–Crippen MR) is 81.7 cm³/mol. The molecule has 1 heterocycles. The number of amides is 2. The molecule has 0 atom stereocenters. The van der Waals surface area contributed by atoms with Gasteiger partial charge in [-0.3, -0.25) is 9.59 Å². The molecule has 8 nitrogen and oxygen atoms in total. The zero-order valence-electron chi connectivity index (χ0n) is 12.1. The van der Waals surface area contributed by atoms with Crippen molar-refractivity contribution in [1.29, 1.82) is 0 Å². The SMILES string of the molecule is COc1ccc(NC(=O)c2nccnc2N)cc1NC(C)=O. The maximum atomic E-state index is 12.1. The minimum absolute atomic E-state index is 0.0272. The Kier molecular flexibility index (Phi) is 4.52. The van der Waals surface area contributed by atoms with Crippen molar-refractivity contribution in [2.24, 2.45) is 0 Å². The second-order valence-corrected chi connectivity index (χ2v) is 4.34. The van der Waals surface area contributed by atoms with E-state index in [4.69, 9.17) is 10.5 Å². The first-order chi connectivity index (χ1) is 10.5. The van der Waals surface area contributed by atoms with Gasteiger partial charge in [0, 0.05) is 25.0 Å². The van der Waals surface area contributed by atoms with Gasteiger partial charge in [0.15, 0.2) is 11.5 Å². The molecule has 0 radical (unpaired) electrons. The van der Waals surface area contributed by atoms with Crippen molar-refractivity contribution in [3.63, 3.8) is 0 Å². The molecule has 0 unspecified atom stereocenters. The lowest BCUT2D eigenvalue weighted by Crippen LogP contribution is -2.17. The molecule has 2 rings (SSSR count). The fourth-order valence-electron chi connectivity index (χ4n) is 1.79. The van der Waals surface area contributed by atoms with E-state index in [1.165, 1.54) is 26.4 Å². The Bertz CT molecular complexity index is 717. The number of anilines is 3. The molecule has 0 spiro atoms. The van der Waals surface area contributed by atoms with Crippen LogP contribution in [-0.4, -0.2) is 28.9 Å². The monoisotopic (exact) mass is 301 g/mol. The number of nitrogens with one attached hydrogen (secondary N) is 2. The number of aromatic nitrogens is 2. The molecule has 0 saturated heterocycles. The van der Waals surface area contributed by atoms with E-state index in [0.717, 1.165) is 0 Å². The molecule has 0 saturated carbocycles. The largest absolute Gasteiger partial charge is 0.495 e. The summed E-state index contributed by atoms with van der Waals surface area (Å²) in [6.45, 7) is 1.38. The van der Waals surface area contributed by atoms with Crippen molar-refractivity contribution in [2.75, 3.05) is 23.5 Å². The van der Waals surface area contributed by atoms with Crippen LogP contribution in [-0.2, 0) is 4.79 Å². The Morgan fingerprint density at radius 2 is 1.91 bits per heavy atom. The second-order valence-electron chi connectivity index (χ2n) is 4.34. The molecule has 0 aliphatic heterocycles. The quantitative estimate of drug-likeness (QED) is 0.782. The molecule has 2 aromatic rings.